The number of benzene rings is 1. The van der Waals surface area contributed by atoms with E-state index in [9.17, 15) is 5.11 Å². The largest absolute Gasteiger partial charge is 0.394 e. The summed E-state index contributed by atoms with van der Waals surface area (Å²) < 4.78 is 2.22. The quantitative estimate of drug-likeness (QED) is 0.856. The molecule has 0 spiro atoms. The minimum absolute atomic E-state index is 0.132. The Bertz CT molecular complexity index is 453. The molecular weight excluding hydrogens is 210 g/mol. The van der Waals surface area contributed by atoms with Crippen LogP contribution in [0.4, 0.5) is 0 Å². The summed E-state index contributed by atoms with van der Waals surface area (Å²) in [5.41, 5.74) is 3.68. The summed E-state index contributed by atoms with van der Waals surface area (Å²) in [5.74, 6) is 0. The molecule has 2 nitrogen and oxygen atoms in total. The lowest BCUT2D eigenvalue weighted by Crippen LogP contribution is -2.18. The van der Waals surface area contributed by atoms with E-state index in [0.29, 0.717) is 0 Å². The topological polar surface area (TPSA) is 25.2 Å². The Morgan fingerprint density at radius 1 is 1.00 bits per heavy atom. The van der Waals surface area contributed by atoms with Crippen LogP contribution in [0.3, 0.4) is 0 Å². The summed E-state index contributed by atoms with van der Waals surface area (Å²) >= 11 is 0. The summed E-state index contributed by atoms with van der Waals surface area (Å²) in [7, 11) is 0. The van der Waals surface area contributed by atoms with Crippen molar-refractivity contribution in [3.05, 3.63) is 59.4 Å². The van der Waals surface area contributed by atoms with Crippen molar-refractivity contribution in [2.45, 2.75) is 26.3 Å². The molecule has 17 heavy (non-hydrogen) atoms. The van der Waals surface area contributed by atoms with Gasteiger partial charge >= 0.3 is 0 Å². The van der Waals surface area contributed by atoms with E-state index in [-0.39, 0.29) is 12.6 Å². The van der Waals surface area contributed by atoms with Crippen LogP contribution in [0.5, 0.6) is 0 Å². The molecule has 0 radical (unpaired) electrons. The molecule has 0 aliphatic heterocycles. The molecule has 1 aromatic carbocycles. The number of aryl methyl sites for hydroxylation is 2. The maximum absolute atomic E-state index is 9.59. The highest BCUT2D eigenvalue weighted by molar-refractivity contribution is 5.19. The predicted molar refractivity (Wildman–Crippen MR) is 70.2 cm³/mol. The molecule has 1 aromatic heterocycles. The summed E-state index contributed by atoms with van der Waals surface area (Å²) in [6, 6.07) is 14.6. The third-order valence-corrected chi connectivity index (χ3v) is 3.22. The number of aromatic nitrogens is 1. The second-order valence-corrected chi connectivity index (χ2v) is 4.51. The van der Waals surface area contributed by atoms with Crippen LogP contribution in [0.1, 0.15) is 23.0 Å². The fourth-order valence-electron chi connectivity index (χ4n) is 2.38. The smallest absolute Gasteiger partial charge is 0.0642 e. The van der Waals surface area contributed by atoms with Crippen LogP contribution in [0.15, 0.2) is 42.5 Å². The molecule has 0 fully saturated rings. The van der Waals surface area contributed by atoms with Gasteiger partial charge in [0.2, 0.25) is 0 Å². The van der Waals surface area contributed by atoms with Gasteiger partial charge in [-0.1, -0.05) is 30.3 Å². The van der Waals surface area contributed by atoms with Crippen molar-refractivity contribution in [1.29, 1.82) is 0 Å². The summed E-state index contributed by atoms with van der Waals surface area (Å²) in [4.78, 5) is 0. The van der Waals surface area contributed by atoms with E-state index in [1.165, 1.54) is 17.0 Å². The first-order valence-corrected chi connectivity index (χ1v) is 6.01. The molecule has 0 amide bonds. The molecule has 2 aromatic rings. The van der Waals surface area contributed by atoms with Crippen LogP contribution in [0.25, 0.3) is 0 Å². The van der Waals surface area contributed by atoms with Gasteiger partial charge in [-0.25, -0.2) is 0 Å². The fourth-order valence-corrected chi connectivity index (χ4v) is 2.38. The van der Waals surface area contributed by atoms with Crippen LogP contribution >= 0.6 is 0 Å². The van der Waals surface area contributed by atoms with Crippen molar-refractivity contribution in [2.24, 2.45) is 0 Å². The van der Waals surface area contributed by atoms with Gasteiger partial charge in [-0.15, -0.1) is 0 Å². The fraction of sp³-hybridized carbons (Fsp3) is 0.333. The molecule has 1 atom stereocenters. The van der Waals surface area contributed by atoms with Crippen LogP contribution in [-0.4, -0.2) is 16.3 Å². The van der Waals surface area contributed by atoms with Gasteiger partial charge in [0.25, 0.3) is 0 Å². The van der Waals surface area contributed by atoms with Crippen molar-refractivity contribution in [2.75, 3.05) is 6.61 Å². The molecule has 0 saturated heterocycles. The summed E-state index contributed by atoms with van der Waals surface area (Å²) in [6.45, 7) is 4.34. The zero-order valence-corrected chi connectivity index (χ0v) is 10.4. The predicted octanol–water partition coefficient (Wildman–Crippen LogP) is 2.88. The standard InChI is InChI=1S/C15H19NO/c1-12-8-9-13(2)16(12)15(11-17)10-14-6-4-3-5-7-14/h3-9,15,17H,10-11H2,1-2H3/t15-/m1/s1. The van der Waals surface area contributed by atoms with Crippen LogP contribution in [0.2, 0.25) is 0 Å². The Balaban J connectivity index is 2.23. The number of aliphatic hydroxyl groups is 1. The minimum atomic E-state index is 0.132. The third kappa shape index (κ3) is 2.59. The van der Waals surface area contributed by atoms with E-state index in [0.717, 1.165) is 6.42 Å². The first-order chi connectivity index (χ1) is 8.22. The molecule has 1 heterocycles. The molecule has 0 aliphatic rings. The number of hydrogen-bond acceptors (Lipinski definition) is 1. The van der Waals surface area contributed by atoms with Crippen molar-refractivity contribution < 1.29 is 5.11 Å². The molecular formula is C15H19NO. The molecule has 1 N–H and O–H groups in total. The van der Waals surface area contributed by atoms with Crippen LogP contribution in [-0.2, 0) is 6.42 Å². The maximum atomic E-state index is 9.59. The van der Waals surface area contributed by atoms with Crippen molar-refractivity contribution in [1.82, 2.24) is 4.57 Å². The average molecular weight is 229 g/mol. The van der Waals surface area contributed by atoms with Gasteiger partial charge in [0.15, 0.2) is 0 Å². The van der Waals surface area contributed by atoms with Gasteiger partial charge in [-0.05, 0) is 38.0 Å². The van der Waals surface area contributed by atoms with E-state index in [1.54, 1.807) is 0 Å². The highest BCUT2D eigenvalue weighted by Gasteiger charge is 2.13. The van der Waals surface area contributed by atoms with Crippen molar-refractivity contribution in [3.8, 4) is 0 Å². The van der Waals surface area contributed by atoms with Crippen molar-refractivity contribution >= 4 is 0 Å². The van der Waals surface area contributed by atoms with E-state index >= 15 is 0 Å². The second-order valence-electron chi connectivity index (χ2n) is 4.51. The monoisotopic (exact) mass is 229 g/mol. The van der Waals surface area contributed by atoms with E-state index in [1.807, 2.05) is 18.2 Å². The van der Waals surface area contributed by atoms with Crippen LogP contribution < -0.4 is 0 Å². The Hall–Kier alpha value is -1.54. The summed E-state index contributed by atoms with van der Waals surface area (Å²) in [6.07, 6.45) is 0.869. The molecule has 0 unspecified atom stereocenters. The molecule has 2 heteroatoms. The van der Waals surface area contributed by atoms with Gasteiger partial charge < -0.3 is 9.67 Å². The Morgan fingerprint density at radius 2 is 1.59 bits per heavy atom. The normalized spacial score (nSPS) is 12.6. The lowest BCUT2D eigenvalue weighted by atomic mass is 10.1. The average Bonchev–Trinajstić information content (AvgIpc) is 2.68. The van der Waals surface area contributed by atoms with Crippen molar-refractivity contribution in [3.63, 3.8) is 0 Å². The van der Waals surface area contributed by atoms with E-state index in [4.69, 9.17) is 0 Å². The zero-order valence-electron chi connectivity index (χ0n) is 10.4. The van der Waals surface area contributed by atoms with Gasteiger partial charge in [0.1, 0.15) is 0 Å². The Kier molecular flexibility index (Phi) is 3.64. The highest BCUT2D eigenvalue weighted by Crippen LogP contribution is 2.19. The molecule has 0 saturated carbocycles. The second kappa shape index (κ2) is 5.19. The lowest BCUT2D eigenvalue weighted by molar-refractivity contribution is 0.224. The Labute approximate surface area is 103 Å². The maximum Gasteiger partial charge on any atom is 0.0642 e. The van der Waals surface area contributed by atoms with Crippen LogP contribution in [0, 0.1) is 13.8 Å². The molecule has 2 rings (SSSR count). The number of rotatable bonds is 4. The van der Waals surface area contributed by atoms with E-state index in [2.05, 4.69) is 42.7 Å². The highest BCUT2D eigenvalue weighted by atomic mass is 16.3. The molecule has 0 bridgehead atoms. The van der Waals surface area contributed by atoms with Gasteiger partial charge in [0.05, 0.1) is 12.6 Å². The number of nitrogens with zero attached hydrogens (tertiary/aromatic N) is 1. The zero-order chi connectivity index (χ0) is 12.3. The summed E-state index contributed by atoms with van der Waals surface area (Å²) in [5, 5.41) is 9.59. The third-order valence-electron chi connectivity index (χ3n) is 3.22. The molecule has 0 aliphatic carbocycles. The minimum Gasteiger partial charge on any atom is -0.394 e. The number of aliphatic hydroxyl groups excluding tert-OH is 1. The van der Waals surface area contributed by atoms with Gasteiger partial charge in [0, 0.05) is 11.4 Å². The first-order valence-electron chi connectivity index (χ1n) is 6.01. The van der Waals surface area contributed by atoms with E-state index < -0.39 is 0 Å². The van der Waals surface area contributed by atoms with Gasteiger partial charge in [-0.3, -0.25) is 0 Å². The Morgan fingerprint density at radius 3 is 2.12 bits per heavy atom. The lowest BCUT2D eigenvalue weighted by Gasteiger charge is -2.20. The van der Waals surface area contributed by atoms with Gasteiger partial charge in [-0.2, -0.15) is 0 Å². The first kappa shape index (κ1) is 11.9. The number of hydrogen-bond donors (Lipinski definition) is 1. The molecule has 90 valence electrons. The SMILES string of the molecule is Cc1ccc(C)n1[C@@H](CO)Cc1ccccc1.